The van der Waals surface area contributed by atoms with E-state index in [0.717, 1.165) is 30.5 Å². The van der Waals surface area contributed by atoms with Gasteiger partial charge in [0.15, 0.2) is 0 Å². The summed E-state index contributed by atoms with van der Waals surface area (Å²) in [7, 11) is 0. The Morgan fingerprint density at radius 3 is 1.50 bits per heavy atom. The fourth-order valence-electron chi connectivity index (χ4n) is 4.64. The number of nitrogens with zero attached hydrogens (tertiary/aromatic N) is 2. The molecule has 0 saturated heterocycles. The monoisotopic (exact) mass is 498 g/mol. The average Bonchev–Trinajstić information content (AvgIpc) is 3.50. The molecule has 0 N–H and O–H groups in total. The van der Waals surface area contributed by atoms with Crippen molar-refractivity contribution in [3.8, 4) is 0 Å². The Balaban J connectivity index is 1.64. The predicted molar refractivity (Wildman–Crippen MR) is 141 cm³/mol. The number of amides is 2. The van der Waals surface area contributed by atoms with Crippen molar-refractivity contribution in [3.63, 3.8) is 0 Å². The van der Waals surface area contributed by atoms with Gasteiger partial charge in [-0.3, -0.25) is 9.59 Å². The summed E-state index contributed by atoms with van der Waals surface area (Å²) in [6, 6.07) is 4.24. The van der Waals surface area contributed by atoms with E-state index in [2.05, 4.69) is 50.6 Å². The molecule has 32 heavy (non-hydrogen) atoms. The smallest absolute Gasteiger partial charge is 0.260 e. The van der Waals surface area contributed by atoms with Gasteiger partial charge in [-0.15, -0.1) is 45.3 Å². The van der Waals surface area contributed by atoms with Gasteiger partial charge >= 0.3 is 0 Å². The molecule has 0 aromatic carbocycles. The first kappa shape index (κ1) is 20.6. The number of hydrogen-bond acceptors (Lipinski definition) is 6. The van der Waals surface area contributed by atoms with Gasteiger partial charge in [0, 0.05) is 22.5 Å². The van der Waals surface area contributed by atoms with Crippen LogP contribution in [0.3, 0.4) is 0 Å². The first-order chi connectivity index (χ1) is 15.4. The zero-order valence-corrected chi connectivity index (χ0v) is 21.5. The summed E-state index contributed by atoms with van der Waals surface area (Å²) >= 11 is 6.66. The lowest BCUT2D eigenvalue weighted by atomic mass is 10.1. The molecule has 0 fully saturated rings. The highest BCUT2D eigenvalue weighted by Gasteiger charge is 2.46. The molecular formula is C24H22N2O2S4. The molecule has 8 heteroatoms. The van der Waals surface area contributed by atoms with Gasteiger partial charge in [-0.25, -0.2) is 0 Å². The van der Waals surface area contributed by atoms with Crippen LogP contribution < -0.4 is 9.80 Å². The topological polar surface area (TPSA) is 40.6 Å². The Hall–Kier alpha value is -2.00. The summed E-state index contributed by atoms with van der Waals surface area (Å²) in [6.07, 6.45) is 0. The minimum Gasteiger partial charge on any atom is -0.305 e. The van der Waals surface area contributed by atoms with Gasteiger partial charge in [0.2, 0.25) is 0 Å². The van der Waals surface area contributed by atoms with Crippen LogP contribution in [0.25, 0.3) is 29.9 Å². The standard InChI is InChI=1S/C24H22N2O2S4/c1-11(2)9-25-17-19-13(5-7-29-19)31-21(17)15(23(25)27)16-22-18(20-14(32-22)6-8-30-20)26(24(16)28)10-12(3)4/h5-8,11-12H,9-10H2,1-4H3/b16-15+. The van der Waals surface area contributed by atoms with Crippen LogP contribution in [-0.2, 0) is 9.59 Å². The maximum Gasteiger partial charge on any atom is 0.260 e. The Kier molecular flexibility index (Phi) is 4.67. The maximum atomic E-state index is 13.9. The molecule has 0 spiro atoms. The quantitative estimate of drug-likeness (QED) is 0.280. The van der Waals surface area contributed by atoms with Crippen LogP contribution in [0.2, 0.25) is 0 Å². The number of thiophene rings is 4. The second kappa shape index (κ2) is 7.25. The number of fused-ring (bicyclic) bond motifs is 6. The van der Waals surface area contributed by atoms with Gasteiger partial charge in [0.1, 0.15) is 0 Å². The molecule has 2 aliphatic rings. The Labute approximate surface area is 202 Å². The zero-order chi connectivity index (χ0) is 22.3. The second-order valence-corrected chi connectivity index (χ2v) is 13.1. The van der Waals surface area contributed by atoms with Crippen molar-refractivity contribution in [1.82, 2.24) is 0 Å². The Bertz CT molecular complexity index is 1340. The van der Waals surface area contributed by atoms with Gasteiger partial charge in [0.05, 0.1) is 41.7 Å². The van der Waals surface area contributed by atoms with E-state index in [4.69, 9.17) is 0 Å². The van der Waals surface area contributed by atoms with Crippen LogP contribution in [0.15, 0.2) is 22.9 Å². The summed E-state index contributed by atoms with van der Waals surface area (Å²) < 4.78 is 4.70. The third kappa shape index (κ3) is 2.76. The van der Waals surface area contributed by atoms with Crippen molar-refractivity contribution < 1.29 is 9.59 Å². The van der Waals surface area contributed by atoms with Crippen molar-refractivity contribution in [3.05, 3.63) is 32.6 Å². The molecule has 0 radical (unpaired) electrons. The number of anilines is 2. The number of carbonyl (C=O) groups excluding carboxylic acids is 2. The van der Waals surface area contributed by atoms with E-state index in [-0.39, 0.29) is 11.8 Å². The van der Waals surface area contributed by atoms with Crippen molar-refractivity contribution in [2.75, 3.05) is 22.9 Å². The van der Waals surface area contributed by atoms with Crippen molar-refractivity contribution in [2.45, 2.75) is 27.7 Å². The highest BCUT2D eigenvalue weighted by Crippen LogP contribution is 2.57. The van der Waals surface area contributed by atoms with E-state index in [1.54, 1.807) is 45.3 Å². The number of carbonyl (C=O) groups is 2. The van der Waals surface area contributed by atoms with Crippen LogP contribution in [0.4, 0.5) is 11.4 Å². The predicted octanol–water partition coefficient (Wildman–Crippen LogP) is 7.16. The van der Waals surface area contributed by atoms with Crippen molar-refractivity contribution >= 4 is 98.5 Å². The number of hydrogen-bond donors (Lipinski definition) is 0. The molecule has 0 aliphatic carbocycles. The van der Waals surface area contributed by atoms with Gasteiger partial charge in [0.25, 0.3) is 11.8 Å². The van der Waals surface area contributed by atoms with Gasteiger partial charge < -0.3 is 9.80 Å². The average molecular weight is 499 g/mol. The summed E-state index contributed by atoms with van der Waals surface area (Å²) in [5.41, 5.74) is 3.24. The molecule has 0 bridgehead atoms. The first-order valence-electron chi connectivity index (χ1n) is 10.8. The zero-order valence-electron chi connectivity index (χ0n) is 18.2. The molecule has 4 aromatic heterocycles. The van der Waals surface area contributed by atoms with E-state index in [1.807, 2.05) is 9.80 Å². The second-order valence-electron chi connectivity index (χ2n) is 9.16. The lowest BCUT2D eigenvalue weighted by Crippen LogP contribution is -2.32. The van der Waals surface area contributed by atoms with Gasteiger partial charge in [-0.05, 0) is 34.7 Å². The van der Waals surface area contributed by atoms with E-state index >= 15 is 0 Å². The highest BCUT2D eigenvalue weighted by atomic mass is 32.1. The molecule has 0 atom stereocenters. The maximum absolute atomic E-state index is 13.9. The third-order valence-electron chi connectivity index (χ3n) is 5.80. The summed E-state index contributed by atoms with van der Waals surface area (Å²) in [5, 5.41) is 4.17. The molecule has 0 saturated carbocycles. The molecule has 4 nitrogen and oxygen atoms in total. The third-order valence-corrected chi connectivity index (χ3v) is 10.2. The van der Waals surface area contributed by atoms with Crippen LogP contribution in [0, 0.1) is 11.8 Å². The summed E-state index contributed by atoms with van der Waals surface area (Å²) in [5.74, 6) is 0.635. The Morgan fingerprint density at radius 1 is 0.719 bits per heavy atom. The number of rotatable bonds is 4. The minimum atomic E-state index is -0.0206. The van der Waals surface area contributed by atoms with Crippen molar-refractivity contribution in [2.24, 2.45) is 11.8 Å². The molecule has 6 heterocycles. The molecular weight excluding hydrogens is 477 g/mol. The van der Waals surface area contributed by atoms with E-state index in [9.17, 15) is 9.59 Å². The van der Waals surface area contributed by atoms with Crippen LogP contribution in [0.5, 0.6) is 0 Å². The lowest BCUT2D eigenvalue weighted by Gasteiger charge is -2.20. The SMILES string of the molecule is CC(C)CN1C(=O)/C(=C2/C(=O)N(CC(C)C)c3c2sc2ccsc32)c2sc3ccsc3c21. The molecule has 0 unspecified atom stereocenters. The van der Waals surface area contributed by atoms with E-state index in [0.29, 0.717) is 36.1 Å². The molecule has 4 aromatic rings. The normalized spacial score (nSPS) is 18.4. The minimum absolute atomic E-state index is 0.0206. The largest absolute Gasteiger partial charge is 0.305 e. The highest BCUT2D eigenvalue weighted by molar-refractivity contribution is 7.30. The summed E-state index contributed by atoms with van der Waals surface area (Å²) in [4.78, 5) is 33.5. The van der Waals surface area contributed by atoms with Crippen LogP contribution in [0.1, 0.15) is 37.4 Å². The molecule has 2 amide bonds. The van der Waals surface area contributed by atoms with Crippen LogP contribution in [-0.4, -0.2) is 24.9 Å². The molecule has 6 rings (SSSR count). The van der Waals surface area contributed by atoms with Gasteiger partial charge in [-0.2, -0.15) is 0 Å². The fraction of sp³-hybridized carbons (Fsp3) is 0.333. The van der Waals surface area contributed by atoms with Crippen LogP contribution >= 0.6 is 45.3 Å². The lowest BCUT2D eigenvalue weighted by molar-refractivity contribution is -0.114. The van der Waals surface area contributed by atoms with E-state index in [1.165, 1.54) is 9.40 Å². The summed E-state index contributed by atoms with van der Waals surface area (Å²) in [6.45, 7) is 9.84. The fourth-order valence-corrected chi connectivity index (χ4v) is 9.47. The van der Waals surface area contributed by atoms with Gasteiger partial charge in [-0.1, -0.05) is 27.7 Å². The molecule has 2 aliphatic heterocycles. The Morgan fingerprint density at radius 2 is 1.12 bits per heavy atom. The van der Waals surface area contributed by atoms with Crippen molar-refractivity contribution in [1.29, 1.82) is 0 Å². The van der Waals surface area contributed by atoms with E-state index < -0.39 is 0 Å². The molecule has 164 valence electrons. The first-order valence-corrected chi connectivity index (χ1v) is 14.1.